The second kappa shape index (κ2) is 14.7. The van der Waals surface area contributed by atoms with Gasteiger partial charge in [0.15, 0.2) is 12.4 Å². The Bertz CT molecular complexity index is 639. The zero-order valence-corrected chi connectivity index (χ0v) is 22.4. The van der Waals surface area contributed by atoms with Crippen molar-refractivity contribution in [3.63, 3.8) is 0 Å². The standard InChI is InChI=1S/C26H48N2O5/c1-11-18-32-22(29)14-13-21(28-20(3)4)23(30)26(9,12-2)27-17-15-25(7,8)33-19-16-24(5,6)31-10/h1,20-21,27-28H,12-19H2,2-10H3. The molecule has 0 heterocycles. The quantitative estimate of drug-likeness (QED) is 0.235. The van der Waals surface area contributed by atoms with Gasteiger partial charge >= 0.3 is 5.97 Å². The van der Waals surface area contributed by atoms with E-state index >= 15 is 0 Å². The summed E-state index contributed by atoms with van der Waals surface area (Å²) < 4.78 is 16.5. The highest BCUT2D eigenvalue weighted by molar-refractivity contribution is 5.93. The highest BCUT2D eigenvalue weighted by Gasteiger charge is 2.36. The summed E-state index contributed by atoms with van der Waals surface area (Å²) in [6, 6.07) is -0.355. The summed E-state index contributed by atoms with van der Waals surface area (Å²) in [6.07, 6.45) is 7.82. The van der Waals surface area contributed by atoms with Gasteiger partial charge in [-0.3, -0.25) is 9.59 Å². The number of carbonyl (C=O) groups excluding carboxylic acids is 2. The Morgan fingerprint density at radius 1 is 1.06 bits per heavy atom. The average Bonchev–Trinajstić information content (AvgIpc) is 2.73. The van der Waals surface area contributed by atoms with E-state index in [-0.39, 0.29) is 36.1 Å². The van der Waals surface area contributed by atoms with Crippen molar-refractivity contribution in [2.24, 2.45) is 0 Å². The number of ketones is 1. The van der Waals surface area contributed by atoms with Crippen LogP contribution in [0.5, 0.6) is 0 Å². The summed E-state index contributed by atoms with van der Waals surface area (Å²) >= 11 is 0. The third kappa shape index (κ3) is 13.1. The third-order valence-electron chi connectivity index (χ3n) is 6.05. The number of rotatable bonds is 18. The normalized spacial score (nSPS) is 15.1. The molecule has 0 aromatic rings. The molecule has 0 radical (unpaired) electrons. The molecule has 0 saturated carbocycles. The summed E-state index contributed by atoms with van der Waals surface area (Å²) in [4.78, 5) is 25.4. The minimum absolute atomic E-state index is 0.0454. The van der Waals surface area contributed by atoms with Gasteiger partial charge < -0.3 is 24.8 Å². The van der Waals surface area contributed by atoms with Crippen LogP contribution in [0.15, 0.2) is 0 Å². The Morgan fingerprint density at radius 2 is 1.70 bits per heavy atom. The monoisotopic (exact) mass is 468 g/mol. The molecule has 2 atom stereocenters. The minimum atomic E-state index is -0.719. The molecule has 0 aromatic carbocycles. The van der Waals surface area contributed by atoms with Crippen molar-refractivity contribution >= 4 is 11.8 Å². The first-order valence-corrected chi connectivity index (χ1v) is 12.1. The largest absolute Gasteiger partial charge is 0.452 e. The molecule has 0 aliphatic heterocycles. The first-order valence-electron chi connectivity index (χ1n) is 12.1. The number of esters is 1. The maximum absolute atomic E-state index is 13.5. The molecule has 0 fully saturated rings. The lowest BCUT2D eigenvalue weighted by molar-refractivity contribution is -0.142. The number of ether oxygens (including phenoxy) is 3. The highest BCUT2D eigenvalue weighted by Crippen LogP contribution is 2.21. The van der Waals surface area contributed by atoms with Gasteiger partial charge in [0.05, 0.1) is 29.4 Å². The molecule has 0 saturated heterocycles. The van der Waals surface area contributed by atoms with E-state index in [1.165, 1.54) is 0 Å². The number of hydrogen-bond acceptors (Lipinski definition) is 7. The fourth-order valence-electron chi connectivity index (χ4n) is 3.31. The van der Waals surface area contributed by atoms with Crippen molar-refractivity contribution in [3.05, 3.63) is 0 Å². The molecule has 2 unspecified atom stereocenters. The average molecular weight is 469 g/mol. The summed E-state index contributed by atoms with van der Waals surface area (Å²) in [6.45, 7) is 17.3. The van der Waals surface area contributed by atoms with E-state index in [0.29, 0.717) is 26.0 Å². The topological polar surface area (TPSA) is 85.9 Å². The van der Waals surface area contributed by atoms with E-state index in [4.69, 9.17) is 20.6 Å². The van der Waals surface area contributed by atoms with E-state index in [9.17, 15) is 9.59 Å². The fraction of sp³-hybridized carbons (Fsp3) is 0.846. The molecule has 7 nitrogen and oxygen atoms in total. The molecule has 0 aliphatic carbocycles. The number of terminal acetylenes is 1. The van der Waals surface area contributed by atoms with Crippen molar-refractivity contribution in [1.29, 1.82) is 0 Å². The number of Topliss-reactive ketones (excluding diaryl/α,β-unsaturated/α-hetero) is 1. The van der Waals surface area contributed by atoms with Crippen LogP contribution in [0.2, 0.25) is 0 Å². The van der Waals surface area contributed by atoms with E-state index < -0.39 is 17.6 Å². The van der Waals surface area contributed by atoms with Crippen LogP contribution in [0.1, 0.15) is 87.5 Å². The molecular formula is C26H48N2O5. The second-order valence-corrected chi connectivity index (χ2v) is 10.3. The smallest absolute Gasteiger partial charge is 0.306 e. The van der Waals surface area contributed by atoms with E-state index in [1.807, 2.05) is 41.5 Å². The van der Waals surface area contributed by atoms with Crippen LogP contribution < -0.4 is 10.6 Å². The maximum Gasteiger partial charge on any atom is 0.306 e. The van der Waals surface area contributed by atoms with Crippen LogP contribution in [0.25, 0.3) is 0 Å². The Balaban J connectivity index is 4.96. The van der Waals surface area contributed by atoms with Gasteiger partial charge in [0.25, 0.3) is 0 Å². The lowest BCUT2D eigenvalue weighted by atomic mass is 9.86. The SMILES string of the molecule is C#CCOC(=O)CCC(NC(C)C)C(=O)C(C)(CC)NCCC(C)(C)OCCC(C)(C)OC. The van der Waals surface area contributed by atoms with Crippen LogP contribution in [0, 0.1) is 12.3 Å². The zero-order chi connectivity index (χ0) is 25.7. The number of hydrogen-bond donors (Lipinski definition) is 2. The first-order chi connectivity index (χ1) is 15.2. The minimum Gasteiger partial charge on any atom is -0.452 e. The lowest BCUT2D eigenvalue weighted by Crippen LogP contribution is -2.58. The summed E-state index contributed by atoms with van der Waals surface area (Å²) in [5, 5.41) is 6.77. The molecular weight excluding hydrogens is 420 g/mol. The Labute approximate surface area is 202 Å². The first kappa shape index (κ1) is 31.5. The van der Waals surface area contributed by atoms with Crippen molar-refractivity contribution in [3.8, 4) is 12.3 Å². The Hall–Kier alpha value is -1.46. The molecule has 0 aliphatic rings. The van der Waals surface area contributed by atoms with Crippen LogP contribution in [0.3, 0.4) is 0 Å². The molecule has 2 N–H and O–H groups in total. The van der Waals surface area contributed by atoms with Crippen LogP contribution in [0.4, 0.5) is 0 Å². The number of nitrogens with one attached hydrogen (secondary N) is 2. The van der Waals surface area contributed by atoms with Gasteiger partial charge in [0.2, 0.25) is 0 Å². The summed E-state index contributed by atoms with van der Waals surface area (Å²) in [7, 11) is 1.71. The predicted octanol–water partition coefficient (Wildman–Crippen LogP) is 3.64. The van der Waals surface area contributed by atoms with E-state index in [1.54, 1.807) is 7.11 Å². The Kier molecular flexibility index (Phi) is 14.1. The second-order valence-electron chi connectivity index (χ2n) is 10.3. The molecule has 0 spiro atoms. The molecule has 0 rings (SSSR count). The molecule has 0 bridgehead atoms. The summed E-state index contributed by atoms with van der Waals surface area (Å²) in [5.74, 6) is 1.94. The zero-order valence-electron chi connectivity index (χ0n) is 22.4. The van der Waals surface area contributed by atoms with Crippen molar-refractivity contribution in [2.45, 2.75) is 116 Å². The van der Waals surface area contributed by atoms with Gasteiger partial charge in [-0.05, 0) is 66.8 Å². The molecule has 33 heavy (non-hydrogen) atoms. The molecule has 192 valence electrons. The third-order valence-corrected chi connectivity index (χ3v) is 6.05. The van der Waals surface area contributed by atoms with Crippen LogP contribution in [-0.2, 0) is 23.8 Å². The van der Waals surface area contributed by atoms with Gasteiger partial charge in [-0.15, -0.1) is 6.42 Å². The molecule has 0 aromatic heterocycles. The maximum atomic E-state index is 13.5. The number of carbonyl (C=O) groups is 2. The van der Waals surface area contributed by atoms with Crippen LogP contribution >= 0.6 is 0 Å². The lowest BCUT2D eigenvalue weighted by Gasteiger charge is -2.35. The molecule has 0 amide bonds. The molecule has 7 heteroatoms. The van der Waals surface area contributed by atoms with Gasteiger partial charge in [-0.25, -0.2) is 0 Å². The highest BCUT2D eigenvalue weighted by atomic mass is 16.5. The van der Waals surface area contributed by atoms with Gasteiger partial charge in [0.1, 0.15) is 0 Å². The number of methoxy groups -OCH3 is 1. The fourth-order valence-corrected chi connectivity index (χ4v) is 3.31. The van der Waals surface area contributed by atoms with E-state index in [0.717, 1.165) is 12.8 Å². The Morgan fingerprint density at radius 3 is 2.21 bits per heavy atom. The van der Waals surface area contributed by atoms with Gasteiger partial charge in [-0.1, -0.05) is 26.7 Å². The van der Waals surface area contributed by atoms with Crippen molar-refractivity contribution in [1.82, 2.24) is 10.6 Å². The van der Waals surface area contributed by atoms with Crippen molar-refractivity contribution < 1.29 is 23.8 Å². The van der Waals surface area contributed by atoms with Crippen molar-refractivity contribution in [2.75, 3.05) is 26.9 Å². The summed E-state index contributed by atoms with van der Waals surface area (Å²) in [5.41, 5.74) is -1.26. The predicted molar refractivity (Wildman–Crippen MR) is 133 cm³/mol. The van der Waals surface area contributed by atoms with Gasteiger partial charge in [-0.2, -0.15) is 0 Å². The van der Waals surface area contributed by atoms with E-state index in [2.05, 4.69) is 30.4 Å². The van der Waals surface area contributed by atoms with Crippen LogP contribution in [-0.4, -0.2) is 67.4 Å². The van der Waals surface area contributed by atoms with Gasteiger partial charge in [0, 0.05) is 19.6 Å².